The van der Waals surface area contributed by atoms with Gasteiger partial charge in [0.1, 0.15) is 5.75 Å². The lowest BCUT2D eigenvalue weighted by atomic mass is 10.0. The zero-order valence-corrected chi connectivity index (χ0v) is 21.5. The van der Waals surface area contributed by atoms with Crippen molar-refractivity contribution < 1.29 is 14.2 Å². The number of nitrogens with zero attached hydrogens (tertiary/aromatic N) is 1. The highest BCUT2D eigenvalue weighted by atomic mass is 16.7. The summed E-state index contributed by atoms with van der Waals surface area (Å²) in [6.45, 7) is 6.85. The Labute approximate surface area is 207 Å². The van der Waals surface area contributed by atoms with Gasteiger partial charge in [0, 0.05) is 23.2 Å². The van der Waals surface area contributed by atoms with Crippen molar-refractivity contribution in [3.63, 3.8) is 0 Å². The maximum Gasteiger partial charge on any atom is 0.185 e. The largest absolute Gasteiger partial charge is 0.494 e. The Hall–Kier alpha value is -1.91. The average Bonchev–Trinajstić information content (AvgIpc) is 2.89. The normalized spacial score (nSPS) is 18.2. The number of hydrogen-bond acceptors (Lipinski definition) is 4. The molecule has 188 valence electrons. The molecule has 1 aliphatic heterocycles. The molecular formula is C30H45NO3. The van der Waals surface area contributed by atoms with Crippen LogP contribution in [0.25, 0.3) is 11.3 Å². The number of hydrogen-bond donors (Lipinski definition) is 0. The predicted octanol–water partition coefficient (Wildman–Crippen LogP) is 8.51. The van der Waals surface area contributed by atoms with Crippen molar-refractivity contribution in [1.29, 1.82) is 0 Å². The fourth-order valence-electron chi connectivity index (χ4n) is 4.45. The van der Waals surface area contributed by atoms with E-state index >= 15 is 0 Å². The molecule has 2 heterocycles. The van der Waals surface area contributed by atoms with Crippen LogP contribution in [0.5, 0.6) is 5.75 Å². The first-order valence-corrected chi connectivity index (χ1v) is 13.7. The first-order chi connectivity index (χ1) is 16.8. The Morgan fingerprint density at radius 2 is 1.41 bits per heavy atom. The van der Waals surface area contributed by atoms with Gasteiger partial charge in [0.25, 0.3) is 0 Å². The van der Waals surface area contributed by atoms with Crippen LogP contribution >= 0.6 is 0 Å². The molecule has 0 N–H and O–H groups in total. The number of unbranched alkanes of at least 4 members (excludes halogenated alkanes) is 9. The van der Waals surface area contributed by atoms with Crippen LogP contribution in [0, 0.1) is 5.92 Å². The third-order valence-corrected chi connectivity index (χ3v) is 6.66. The van der Waals surface area contributed by atoms with E-state index in [1.165, 1.54) is 70.6 Å². The van der Waals surface area contributed by atoms with Crippen LogP contribution in [0.2, 0.25) is 0 Å². The second-order valence-corrected chi connectivity index (χ2v) is 9.68. The summed E-state index contributed by atoms with van der Waals surface area (Å²) in [5, 5.41) is 0. The van der Waals surface area contributed by atoms with Crippen molar-refractivity contribution in [3.8, 4) is 17.0 Å². The molecule has 3 rings (SSSR count). The van der Waals surface area contributed by atoms with Gasteiger partial charge in [-0.25, -0.2) is 0 Å². The van der Waals surface area contributed by atoms with Gasteiger partial charge in [0.05, 0.1) is 25.5 Å². The second kappa shape index (κ2) is 15.9. The molecule has 34 heavy (non-hydrogen) atoms. The lowest BCUT2D eigenvalue weighted by Gasteiger charge is -2.29. The third-order valence-electron chi connectivity index (χ3n) is 6.66. The number of ether oxygens (including phenoxy) is 3. The van der Waals surface area contributed by atoms with Crippen molar-refractivity contribution in [2.45, 2.75) is 97.2 Å². The van der Waals surface area contributed by atoms with Crippen LogP contribution in [0.3, 0.4) is 0 Å². The molecule has 1 saturated heterocycles. The number of aromatic nitrogens is 1. The minimum absolute atomic E-state index is 0.296. The Kier molecular flexibility index (Phi) is 12.5. The van der Waals surface area contributed by atoms with E-state index in [4.69, 9.17) is 14.2 Å². The van der Waals surface area contributed by atoms with Gasteiger partial charge < -0.3 is 14.2 Å². The van der Waals surface area contributed by atoms with E-state index in [0.717, 1.165) is 48.8 Å². The first-order valence-electron chi connectivity index (χ1n) is 13.7. The maximum absolute atomic E-state index is 6.02. The summed E-state index contributed by atoms with van der Waals surface area (Å²) < 4.78 is 17.9. The zero-order chi connectivity index (χ0) is 23.8. The molecule has 1 aromatic heterocycles. The van der Waals surface area contributed by atoms with Crippen molar-refractivity contribution in [1.82, 2.24) is 4.98 Å². The van der Waals surface area contributed by atoms with Gasteiger partial charge in [-0.2, -0.15) is 0 Å². The Bertz CT molecular complexity index is 767. The van der Waals surface area contributed by atoms with Crippen LogP contribution in [-0.2, 0) is 9.47 Å². The van der Waals surface area contributed by atoms with Gasteiger partial charge in [-0.1, -0.05) is 84.1 Å². The molecule has 0 bridgehead atoms. The van der Waals surface area contributed by atoms with Crippen molar-refractivity contribution in [2.75, 3.05) is 19.8 Å². The number of benzene rings is 1. The van der Waals surface area contributed by atoms with E-state index in [0.29, 0.717) is 5.92 Å². The smallest absolute Gasteiger partial charge is 0.185 e. The first kappa shape index (κ1) is 26.7. The summed E-state index contributed by atoms with van der Waals surface area (Å²) in [6.07, 6.45) is 17.1. The Balaban J connectivity index is 1.37. The van der Waals surface area contributed by atoms with E-state index in [9.17, 15) is 0 Å². The van der Waals surface area contributed by atoms with Gasteiger partial charge in [0.15, 0.2) is 6.29 Å². The molecule has 0 aliphatic carbocycles. The molecule has 0 atom stereocenters. The molecule has 1 fully saturated rings. The highest BCUT2D eigenvalue weighted by molar-refractivity contribution is 5.60. The molecule has 0 saturated carbocycles. The van der Waals surface area contributed by atoms with Crippen LogP contribution < -0.4 is 4.74 Å². The van der Waals surface area contributed by atoms with Gasteiger partial charge in [0.2, 0.25) is 0 Å². The van der Waals surface area contributed by atoms with Crippen molar-refractivity contribution in [2.24, 2.45) is 5.92 Å². The zero-order valence-electron chi connectivity index (χ0n) is 21.5. The third kappa shape index (κ3) is 9.38. The summed E-state index contributed by atoms with van der Waals surface area (Å²) in [5.74, 6) is 1.45. The highest BCUT2D eigenvalue weighted by Crippen LogP contribution is 2.28. The van der Waals surface area contributed by atoms with E-state index in [1.807, 2.05) is 24.4 Å². The van der Waals surface area contributed by atoms with E-state index in [-0.39, 0.29) is 6.29 Å². The number of pyridine rings is 1. The minimum atomic E-state index is -0.296. The highest BCUT2D eigenvalue weighted by Gasteiger charge is 2.23. The van der Waals surface area contributed by atoms with Crippen LogP contribution in [0.15, 0.2) is 42.6 Å². The van der Waals surface area contributed by atoms with Crippen molar-refractivity contribution in [3.05, 3.63) is 48.2 Å². The standard InChI is InChI=1S/C30H45NO3/c1-3-5-7-9-10-12-14-25-23-33-30(34-24-25)27-17-20-29(31-22-27)26-15-18-28(19-16-26)32-21-13-11-8-6-4-2/h15-20,22,25,30H,3-14,21,23-24H2,1-2H3. The summed E-state index contributed by atoms with van der Waals surface area (Å²) in [4.78, 5) is 4.66. The molecule has 1 aromatic carbocycles. The lowest BCUT2D eigenvalue weighted by molar-refractivity contribution is -0.206. The summed E-state index contributed by atoms with van der Waals surface area (Å²) in [7, 11) is 0. The van der Waals surface area contributed by atoms with Crippen LogP contribution in [-0.4, -0.2) is 24.8 Å². The van der Waals surface area contributed by atoms with Gasteiger partial charge in [-0.3, -0.25) is 4.98 Å². The summed E-state index contributed by atoms with van der Waals surface area (Å²) in [6, 6.07) is 12.3. The fraction of sp³-hybridized carbons (Fsp3) is 0.633. The minimum Gasteiger partial charge on any atom is -0.494 e. The fourth-order valence-corrected chi connectivity index (χ4v) is 4.45. The molecule has 1 aliphatic rings. The van der Waals surface area contributed by atoms with E-state index in [1.54, 1.807) is 0 Å². The Morgan fingerprint density at radius 3 is 2.06 bits per heavy atom. The molecule has 0 spiro atoms. The molecule has 0 amide bonds. The lowest BCUT2D eigenvalue weighted by Crippen LogP contribution is -2.27. The van der Waals surface area contributed by atoms with Crippen molar-refractivity contribution >= 4 is 0 Å². The number of rotatable bonds is 16. The molecule has 2 aromatic rings. The topological polar surface area (TPSA) is 40.6 Å². The summed E-state index contributed by atoms with van der Waals surface area (Å²) in [5.41, 5.74) is 3.03. The predicted molar refractivity (Wildman–Crippen MR) is 140 cm³/mol. The van der Waals surface area contributed by atoms with E-state index in [2.05, 4.69) is 37.0 Å². The summed E-state index contributed by atoms with van der Waals surface area (Å²) >= 11 is 0. The van der Waals surface area contributed by atoms with Crippen LogP contribution in [0.1, 0.15) is 103 Å². The van der Waals surface area contributed by atoms with Crippen LogP contribution in [0.4, 0.5) is 0 Å². The molecule has 4 heteroatoms. The quantitative estimate of drug-likeness (QED) is 0.232. The maximum atomic E-state index is 6.02. The average molecular weight is 468 g/mol. The molecule has 0 unspecified atom stereocenters. The molecular weight excluding hydrogens is 422 g/mol. The monoisotopic (exact) mass is 467 g/mol. The van der Waals surface area contributed by atoms with Gasteiger partial charge >= 0.3 is 0 Å². The van der Waals surface area contributed by atoms with Gasteiger partial charge in [-0.05, 0) is 43.2 Å². The Morgan fingerprint density at radius 1 is 0.765 bits per heavy atom. The van der Waals surface area contributed by atoms with Gasteiger partial charge in [-0.15, -0.1) is 0 Å². The second-order valence-electron chi connectivity index (χ2n) is 9.68. The SMILES string of the molecule is CCCCCCCCC1COC(c2ccc(-c3ccc(OCCCCCCC)cc3)nc2)OC1. The van der Waals surface area contributed by atoms with E-state index < -0.39 is 0 Å². The molecule has 0 radical (unpaired) electrons. The molecule has 4 nitrogen and oxygen atoms in total.